The Morgan fingerprint density at radius 3 is 2.17 bits per heavy atom. The van der Waals surface area contributed by atoms with Crippen molar-refractivity contribution < 1.29 is 18.7 Å². The van der Waals surface area contributed by atoms with Gasteiger partial charge in [-0.25, -0.2) is 13.6 Å². The van der Waals surface area contributed by atoms with Crippen LogP contribution in [-0.4, -0.2) is 17.1 Å². The Bertz CT molecular complexity index is 424. The molecule has 1 atom stereocenters. The topological polar surface area (TPSA) is 49.3 Å². The molecule has 100 valence electrons. The van der Waals surface area contributed by atoms with E-state index >= 15 is 0 Å². The largest absolute Gasteiger partial charge is 0.478 e. The molecule has 0 aromatic heterocycles. The van der Waals surface area contributed by atoms with Crippen molar-refractivity contribution in [2.75, 3.05) is 5.32 Å². The number of aromatic carboxylic acids is 1. The summed E-state index contributed by atoms with van der Waals surface area (Å²) >= 11 is 0. The highest BCUT2D eigenvalue weighted by Gasteiger charge is 2.16. The molecule has 0 aliphatic heterocycles. The smallest absolute Gasteiger partial charge is 0.335 e. The summed E-state index contributed by atoms with van der Waals surface area (Å²) in [5.41, 5.74) is -0.666. The Morgan fingerprint density at radius 2 is 1.78 bits per heavy atom. The maximum absolute atomic E-state index is 13.6. The number of carboxylic acid groups (broad SMARTS) is 1. The first-order valence-corrected chi connectivity index (χ1v) is 5.80. The van der Waals surface area contributed by atoms with Gasteiger partial charge in [0, 0.05) is 6.04 Å². The fourth-order valence-electron chi connectivity index (χ4n) is 1.85. The van der Waals surface area contributed by atoms with Crippen LogP contribution in [0.25, 0.3) is 0 Å². The van der Waals surface area contributed by atoms with Crippen molar-refractivity contribution in [3.05, 3.63) is 29.3 Å². The lowest BCUT2D eigenvalue weighted by Crippen LogP contribution is -2.19. The Labute approximate surface area is 105 Å². The summed E-state index contributed by atoms with van der Waals surface area (Å²) in [6.07, 6.45) is 0.763. The van der Waals surface area contributed by atoms with E-state index in [1.165, 1.54) is 0 Å². The van der Waals surface area contributed by atoms with E-state index in [0.29, 0.717) is 5.92 Å². The zero-order chi connectivity index (χ0) is 13.9. The van der Waals surface area contributed by atoms with Crippen LogP contribution in [0.5, 0.6) is 0 Å². The zero-order valence-corrected chi connectivity index (χ0v) is 10.6. The number of nitrogens with one attached hydrogen (secondary N) is 1. The number of anilines is 1. The molecular weight excluding hydrogens is 240 g/mol. The SMILES string of the molecule is CC(C)CC(C)Nc1c(F)cc(C(=O)O)cc1F. The molecule has 0 bridgehead atoms. The second kappa shape index (κ2) is 5.80. The number of carbonyl (C=O) groups is 1. The van der Waals surface area contributed by atoms with Crippen LogP contribution in [0.4, 0.5) is 14.5 Å². The predicted molar refractivity (Wildman–Crippen MR) is 65.9 cm³/mol. The summed E-state index contributed by atoms with van der Waals surface area (Å²) < 4.78 is 27.2. The Hall–Kier alpha value is -1.65. The number of hydrogen-bond acceptors (Lipinski definition) is 2. The number of benzene rings is 1. The minimum atomic E-state index is -1.35. The molecule has 0 aliphatic rings. The minimum Gasteiger partial charge on any atom is -0.478 e. The van der Waals surface area contributed by atoms with Crippen molar-refractivity contribution in [3.8, 4) is 0 Å². The van der Waals surface area contributed by atoms with E-state index in [9.17, 15) is 13.6 Å². The molecule has 0 heterocycles. The first-order valence-electron chi connectivity index (χ1n) is 5.80. The van der Waals surface area contributed by atoms with E-state index < -0.39 is 23.2 Å². The molecule has 5 heteroatoms. The van der Waals surface area contributed by atoms with Crippen LogP contribution in [0.3, 0.4) is 0 Å². The van der Waals surface area contributed by atoms with Gasteiger partial charge in [0.25, 0.3) is 0 Å². The van der Waals surface area contributed by atoms with Crippen molar-refractivity contribution >= 4 is 11.7 Å². The molecule has 18 heavy (non-hydrogen) atoms. The van der Waals surface area contributed by atoms with Gasteiger partial charge in [-0.3, -0.25) is 0 Å². The Morgan fingerprint density at radius 1 is 1.28 bits per heavy atom. The summed E-state index contributed by atoms with van der Waals surface area (Å²) in [4.78, 5) is 10.6. The molecule has 1 aromatic carbocycles. The van der Waals surface area contributed by atoms with Crippen LogP contribution in [0, 0.1) is 17.6 Å². The van der Waals surface area contributed by atoms with Crippen LogP contribution in [-0.2, 0) is 0 Å². The number of rotatable bonds is 5. The van der Waals surface area contributed by atoms with E-state index in [1.807, 2.05) is 20.8 Å². The fourth-order valence-corrected chi connectivity index (χ4v) is 1.85. The number of halogens is 2. The van der Waals surface area contributed by atoms with Gasteiger partial charge in [-0.05, 0) is 31.4 Å². The second-order valence-corrected chi connectivity index (χ2v) is 4.79. The van der Waals surface area contributed by atoms with Crippen LogP contribution in [0.1, 0.15) is 37.6 Å². The molecule has 1 unspecified atom stereocenters. The van der Waals surface area contributed by atoms with E-state index in [4.69, 9.17) is 5.11 Å². The molecule has 0 saturated heterocycles. The molecule has 0 saturated carbocycles. The normalized spacial score (nSPS) is 12.6. The van der Waals surface area contributed by atoms with Crippen molar-refractivity contribution in [1.82, 2.24) is 0 Å². The van der Waals surface area contributed by atoms with E-state index in [-0.39, 0.29) is 11.7 Å². The highest BCUT2D eigenvalue weighted by molar-refractivity contribution is 5.88. The summed E-state index contributed by atoms with van der Waals surface area (Å²) in [7, 11) is 0. The third kappa shape index (κ3) is 3.68. The number of carboxylic acids is 1. The van der Waals surface area contributed by atoms with Gasteiger partial charge in [0.15, 0.2) is 0 Å². The third-order valence-corrected chi connectivity index (χ3v) is 2.50. The second-order valence-electron chi connectivity index (χ2n) is 4.79. The van der Waals surface area contributed by atoms with Crippen LogP contribution in [0.2, 0.25) is 0 Å². The van der Waals surface area contributed by atoms with E-state index in [1.54, 1.807) is 0 Å². The molecule has 1 rings (SSSR count). The summed E-state index contributed by atoms with van der Waals surface area (Å²) in [5, 5.41) is 11.4. The zero-order valence-electron chi connectivity index (χ0n) is 10.6. The standard InChI is InChI=1S/C13H17F2NO2/c1-7(2)4-8(3)16-12-10(14)5-9(13(17)18)6-11(12)15/h5-8,16H,4H2,1-3H3,(H,17,18). The van der Waals surface area contributed by atoms with Gasteiger partial charge >= 0.3 is 5.97 Å². The average Bonchev–Trinajstić information content (AvgIpc) is 2.21. The lowest BCUT2D eigenvalue weighted by molar-refractivity contribution is 0.0696. The van der Waals surface area contributed by atoms with Crippen molar-refractivity contribution in [3.63, 3.8) is 0 Å². The van der Waals surface area contributed by atoms with Crippen LogP contribution in [0.15, 0.2) is 12.1 Å². The average molecular weight is 257 g/mol. The molecule has 1 aromatic rings. The lowest BCUT2D eigenvalue weighted by Gasteiger charge is -2.18. The van der Waals surface area contributed by atoms with Crippen molar-refractivity contribution in [1.29, 1.82) is 0 Å². The monoisotopic (exact) mass is 257 g/mol. The first kappa shape index (κ1) is 14.4. The van der Waals surface area contributed by atoms with Gasteiger partial charge < -0.3 is 10.4 Å². The van der Waals surface area contributed by atoms with E-state index in [0.717, 1.165) is 18.6 Å². The van der Waals surface area contributed by atoms with Crippen LogP contribution >= 0.6 is 0 Å². The molecular formula is C13H17F2NO2. The van der Waals surface area contributed by atoms with Crippen molar-refractivity contribution in [2.45, 2.75) is 33.2 Å². The maximum Gasteiger partial charge on any atom is 0.335 e. The molecule has 0 radical (unpaired) electrons. The number of hydrogen-bond donors (Lipinski definition) is 2. The van der Waals surface area contributed by atoms with E-state index in [2.05, 4.69) is 5.32 Å². The van der Waals surface area contributed by atoms with Gasteiger partial charge in [-0.15, -0.1) is 0 Å². The van der Waals surface area contributed by atoms with Gasteiger partial charge in [0.1, 0.15) is 17.3 Å². The molecule has 3 nitrogen and oxygen atoms in total. The summed E-state index contributed by atoms with van der Waals surface area (Å²) in [5.74, 6) is -2.72. The molecule has 0 amide bonds. The molecule has 2 N–H and O–H groups in total. The maximum atomic E-state index is 13.6. The Balaban J connectivity index is 2.93. The molecule has 0 fully saturated rings. The highest BCUT2D eigenvalue weighted by atomic mass is 19.1. The Kier molecular flexibility index (Phi) is 4.64. The lowest BCUT2D eigenvalue weighted by atomic mass is 10.0. The highest BCUT2D eigenvalue weighted by Crippen LogP contribution is 2.22. The van der Waals surface area contributed by atoms with Gasteiger partial charge in [-0.1, -0.05) is 13.8 Å². The van der Waals surface area contributed by atoms with Gasteiger partial charge in [-0.2, -0.15) is 0 Å². The molecule has 0 spiro atoms. The summed E-state index contributed by atoms with van der Waals surface area (Å²) in [6, 6.07) is 1.54. The third-order valence-electron chi connectivity index (χ3n) is 2.50. The molecule has 0 aliphatic carbocycles. The van der Waals surface area contributed by atoms with Crippen LogP contribution < -0.4 is 5.32 Å². The van der Waals surface area contributed by atoms with Gasteiger partial charge in [0.05, 0.1) is 5.56 Å². The quantitative estimate of drug-likeness (QED) is 0.848. The van der Waals surface area contributed by atoms with Crippen molar-refractivity contribution in [2.24, 2.45) is 5.92 Å². The summed E-state index contributed by atoms with van der Waals surface area (Å²) in [6.45, 7) is 5.85. The first-order chi connectivity index (χ1) is 8.31. The minimum absolute atomic E-state index is 0.0929. The fraction of sp³-hybridized carbons (Fsp3) is 0.462. The predicted octanol–water partition coefficient (Wildman–Crippen LogP) is 3.51. The van der Waals surface area contributed by atoms with Gasteiger partial charge in [0.2, 0.25) is 0 Å².